The normalized spacial score (nSPS) is 20.6. The maximum Gasteiger partial charge on any atom is 0.161 e. The number of β-amino-alcohol motifs (C(OH)–C–C–N with tert-alkyl or cyclic N) is 1. The summed E-state index contributed by atoms with van der Waals surface area (Å²) in [5, 5.41) is 14.1. The van der Waals surface area contributed by atoms with E-state index in [1.165, 1.54) is 69.8 Å². The Hall–Kier alpha value is -1.30. The largest absolute Gasteiger partial charge is 0.493 e. The first-order valence-electron chi connectivity index (χ1n) is 11.7. The predicted octanol–water partition coefficient (Wildman–Crippen LogP) is 4.12. The lowest BCUT2D eigenvalue weighted by Gasteiger charge is -2.27. The van der Waals surface area contributed by atoms with Crippen LogP contribution in [0.3, 0.4) is 0 Å². The molecule has 1 heterocycles. The van der Waals surface area contributed by atoms with Gasteiger partial charge in [-0.05, 0) is 56.5 Å². The second kappa shape index (κ2) is 12.4. The number of benzene rings is 1. The molecule has 5 nitrogen and oxygen atoms in total. The summed E-state index contributed by atoms with van der Waals surface area (Å²) in [6.45, 7) is 4.02. The summed E-state index contributed by atoms with van der Waals surface area (Å²) in [6, 6.07) is 6.76. The summed E-state index contributed by atoms with van der Waals surface area (Å²) in [7, 11) is 1.68. The van der Waals surface area contributed by atoms with E-state index in [4.69, 9.17) is 9.47 Å². The highest BCUT2D eigenvalue weighted by molar-refractivity contribution is 5.43. The molecule has 1 aromatic carbocycles. The van der Waals surface area contributed by atoms with Crippen molar-refractivity contribution in [3.8, 4) is 11.5 Å². The van der Waals surface area contributed by atoms with E-state index >= 15 is 0 Å². The molecule has 5 heteroatoms. The Morgan fingerprint density at radius 2 is 1.69 bits per heavy atom. The van der Waals surface area contributed by atoms with E-state index in [1.54, 1.807) is 7.11 Å². The molecule has 0 spiro atoms. The van der Waals surface area contributed by atoms with Crippen molar-refractivity contribution in [3.63, 3.8) is 0 Å². The van der Waals surface area contributed by atoms with Gasteiger partial charge >= 0.3 is 0 Å². The average molecular weight is 405 g/mol. The Kier molecular flexibility index (Phi) is 9.58. The monoisotopic (exact) mass is 404 g/mol. The molecule has 1 atom stereocenters. The molecule has 3 rings (SSSR count). The van der Waals surface area contributed by atoms with Gasteiger partial charge in [-0.2, -0.15) is 0 Å². The number of methoxy groups -OCH3 is 1. The molecule has 1 aliphatic heterocycles. The Labute approximate surface area is 176 Å². The van der Waals surface area contributed by atoms with Crippen molar-refractivity contribution in [1.29, 1.82) is 0 Å². The van der Waals surface area contributed by atoms with Crippen LogP contribution in [0.4, 0.5) is 0 Å². The van der Waals surface area contributed by atoms with Crippen LogP contribution >= 0.6 is 0 Å². The second-order valence-corrected chi connectivity index (χ2v) is 8.73. The predicted molar refractivity (Wildman–Crippen MR) is 118 cm³/mol. The van der Waals surface area contributed by atoms with Gasteiger partial charge in [-0.1, -0.05) is 44.6 Å². The van der Waals surface area contributed by atoms with Crippen LogP contribution in [0.15, 0.2) is 18.2 Å². The maximum atomic E-state index is 10.5. The topological polar surface area (TPSA) is 54.0 Å². The van der Waals surface area contributed by atoms with Crippen LogP contribution in [0.2, 0.25) is 0 Å². The molecule has 2 fully saturated rings. The molecule has 1 saturated carbocycles. The van der Waals surface area contributed by atoms with Gasteiger partial charge in [-0.3, -0.25) is 0 Å². The number of hydrogen-bond acceptors (Lipinski definition) is 5. The molecule has 1 saturated heterocycles. The number of ether oxygens (including phenoxy) is 2. The molecule has 164 valence electrons. The third-order valence-corrected chi connectivity index (χ3v) is 6.28. The SMILES string of the molecule is COc1cc(CNC2CCCCC2)ccc1OCC(O)CN1CCCCCCC1. The highest BCUT2D eigenvalue weighted by Gasteiger charge is 2.16. The van der Waals surface area contributed by atoms with Gasteiger partial charge in [-0.25, -0.2) is 0 Å². The van der Waals surface area contributed by atoms with Gasteiger partial charge in [0.15, 0.2) is 11.5 Å². The second-order valence-electron chi connectivity index (χ2n) is 8.73. The minimum atomic E-state index is -0.480. The molecule has 1 unspecified atom stereocenters. The smallest absolute Gasteiger partial charge is 0.161 e. The molecule has 1 aromatic rings. The molecule has 1 aliphatic carbocycles. The lowest BCUT2D eigenvalue weighted by molar-refractivity contribution is 0.0645. The van der Waals surface area contributed by atoms with E-state index in [0.29, 0.717) is 24.9 Å². The fourth-order valence-electron chi connectivity index (χ4n) is 4.54. The molecular formula is C24H40N2O3. The number of aliphatic hydroxyl groups excluding tert-OH is 1. The van der Waals surface area contributed by atoms with Gasteiger partial charge in [0.1, 0.15) is 12.7 Å². The molecule has 0 aromatic heterocycles. The maximum absolute atomic E-state index is 10.5. The first kappa shape index (κ1) is 22.4. The average Bonchev–Trinajstić information content (AvgIpc) is 2.73. The quantitative estimate of drug-likeness (QED) is 0.648. The van der Waals surface area contributed by atoms with E-state index in [9.17, 15) is 5.11 Å². The Morgan fingerprint density at radius 1 is 1.00 bits per heavy atom. The third-order valence-electron chi connectivity index (χ3n) is 6.28. The van der Waals surface area contributed by atoms with Crippen LogP contribution in [-0.4, -0.2) is 55.5 Å². The van der Waals surface area contributed by atoms with Gasteiger partial charge in [0.05, 0.1) is 7.11 Å². The third kappa shape index (κ3) is 7.80. The van der Waals surface area contributed by atoms with Crippen molar-refractivity contribution in [2.24, 2.45) is 0 Å². The summed E-state index contributed by atoms with van der Waals surface area (Å²) in [4.78, 5) is 2.38. The molecule has 0 radical (unpaired) electrons. The molecule has 2 N–H and O–H groups in total. The van der Waals surface area contributed by atoms with E-state index in [-0.39, 0.29) is 0 Å². The summed E-state index contributed by atoms with van der Waals surface area (Å²) >= 11 is 0. The summed E-state index contributed by atoms with van der Waals surface area (Å²) < 4.78 is 11.5. The van der Waals surface area contributed by atoms with E-state index < -0.39 is 6.10 Å². The van der Waals surface area contributed by atoms with Crippen LogP contribution in [0.5, 0.6) is 11.5 Å². The van der Waals surface area contributed by atoms with E-state index in [1.807, 2.05) is 6.07 Å². The first-order valence-corrected chi connectivity index (χ1v) is 11.7. The number of nitrogens with one attached hydrogen (secondary N) is 1. The van der Waals surface area contributed by atoms with Crippen molar-refractivity contribution in [2.45, 2.75) is 82.9 Å². The lowest BCUT2D eigenvalue weighted by Crippen LogP contribution is -2.37. The number of likely N-dealkylation sites (tertiary alicyclic amines) is 1. The van der Waals surface area contributed by atoms with Crippen LogP contribution in [0, 0.1) is 0 Å². The lowest BCUT2D eigenvalue weighted by atomic mass is 9.95. The standard InChI is InChI=1S/C24H40N2O3/c1-28-24-16-20(17-25-21-10-6-5-7-11-21)12-13-23(24)29-19-22(27)18-26-14-8-3-2-4-9-15-26/h12-13,16,21-22,25,27H,2-11,14-15,17-19H2,1H3. The van der Waals surface area contributed by atoms with Gasteiger partial charge in [0.2, 0.25) is 0 Å². The van der Waals surface area contributed by atoms with Crippen molar-refractivity contribution in [3.05, 3.63) is 23.8 Å². The van der Waals surface area contributed by atoms with Crippen molar-refractivity contribution in [1.82, 2.24) is 10.2 Å². The zero-order chi connectivity index (χ0) is 20.3. The number of hydrogen-bond donors (Lipinski definition) is 2. The zero-order valence-electron chi connectivity index (χ0n) is 18.2. The Balaban J connectivity index is 1.45. The van der Waals surface area contributed by atoms with Gasteiger partial charge in [0, 0.05) is 19.1 Å². The Bertz CT molecular complexity index is 581. The zero-order valence-corrected chi connectivity index (χ0v) is 18.2. The molecule has 0 amide bonds. The van der Waals surface area contributed by atoms with E-state index in [0.717, 1.165) is 25.4 Å². The number of rotatable bonds is 9. The Morgan fingerprint density at radius 3 is 2.41 bits per heavy atom. The van der Waals surface area contributed by atoms with Crippen molar-refractivity contribution < 1.29 is 14.6 Å². The first-order chi connectivity index (χ1) is 14.2. The highest BCUT2D eigenvalue weighted by atomic mass is 16.5. The minimum absolute atomic E-state index is 0.298. The van der Waals surface area contributed by atoms with Crippen LogP contribution in [-0.2, 0) is 6.54 Å². The minimum Gasteiger partial charge on any atom is -0.493 e. The number of nitrogens with zero attached hydrogens (tertiary/aromatic N) is 1. The fourth-order valence-corrected chi connectivity index (χ4v) is 4.54. The van der Waals surface area contributed by atoms with Crippen molar-refractivity contribution >= 4 is 0 Å². The molecule has 29 heavy (non-hydrogen) atoms. The summed E-state index contributed by atoms with van der Waals surface area (Å²) in [5.41, 5.74) is 1.21. The van der Waals surface area contributed by atoms with E-state index in [2.05, 4.69) is 22.3 Å². The van der Waals surface area contributed by atoms with Gasteiger partial charge < -0.3 is 24.8 Å². The van der Waals surface area contributed by atoms with Crippen LogP contribution in [0.25, 0.3) is 0 Å². The summed E-state index contributed by atoms with van der Waals surface area (Å²) in [6.07, 6.45) is 12.6. The van der Waals surface area contributed by atoms with Crippen LogP contribution < -0.4 is 14.8 Å². The van der Waals surface area contributed by atoms with Gasteiger partial charge in [-0.15, -0.1) is 0 Å². The van der Waals surface area contributed by atoms with Gasteiger partial charge in [0.25, 0.3) is 0 Å². The highest BCUT2D eigenvalue weighted by Crippen LogP contribution is 2.28. The van der Waals surface area contributed by atoms with Crippen molar-refractivity contribution in [2.75, 3.05) is 33.4 Å². The number of aliphatic hydroxyl groups is 1. The van der Waals surface area contributed by atoms with Crippen LogP contribution in [0.1, 0.15) is 69.8 Å². The molecule has 0 bridgehead atoms. The fraction of sp³-hybridized carbons (Fsp3) is 0.750. The molecular weight excluding hydrogens is 364 g/mol. The summed E-state index contributed by atoms with van der Waals surface area (Å²) in [5.74, 6) is 1.45. The molecule has 2 aliphatic rings.